The predicted octanol–water partition coefficient (Wildman–Crippen LogP) is 3.98. The van der Waals surface area contributed by atoms with Crippen molar-refractivity contribution in [1.82, 2.24) is 0 Å². The molecule has 172 valence electrons. The lowest BCUT2D eigenvalue weighted by Crippen LogP contribution is -2.21. The molecule has 0 amide bonds. The summed E-state index contributed by atoms with van der Waals surface area (Å²) in [6, 6.07) is 0. The lowest BCUT2D eigenvalue weighted by Gasteiger charge is -2.19. The number of Topliss-reactive ketones (excluding diaryl/α,β-unsaturated/α-hetero) is 1. The molecule has 0 aromatic heterocycles. The van der Waals surface area contributed by atoms with Crippen molar-refractivity contribution in [3.8, 4) is 11.8 Å². The summed E-state index contributed by atoms with van der Waals surface area (Å²) in [5.74, 6) is 6.45. The molecule has 31 heavy (non-hydrogen) atoms. The monoisotopic (exact) mass is 430 g/mol. The Kier molecular flexibility index (Phi) is 9.99. The number of aliphatic hydroxyl groups is 2. The fourth-order valence-electron chi connectivity index (χ4n) is 4.65. The Labute approximate surface area is 186 Å². The van der Waals surface area contributed by atoms with E-state index >= 15 is 0 Å². The van der Waals surface area contributed by atoms with E-state index in [2.05, 4.69) is 17.9 Å². The third-order valence-electron chi connectivity index (χ3n) is 6.72. The predicted molar refractivity (Wildman–Crippen MR) is 121 cm³/mol. The van der Waals surface area contributed by atoms with E-state index in [1.807, 2.05) is 19.1 Å². The number of carbonyl (C=O) groups excluding carboxylic acids is 2. The molecule has 2 N–H and O–H groups in total. The van der Waals surface area contributed by atoms with Crippen LogP contribution in [0.2, 0.25) is 0 Å². The standard InChI is InChI=1S/C26H38O5/c1-5-6-9-17(2)24(28)13-12-22-23-15-20(14-21(23)16-25(22)29)10-7-8-11-26(30)31-19(4)18(3)27/h10,12-13,17,19,21-25,28-29H,7-9,11,14-16H2,1-4H3/b13-12+,20-10+/t17?,19-,21+,22-,23+,24-,25?/m1/s1. The van der Waals surface area contributed by atoms with E-state index in [0.29, 0.717) is 31.1 Å². The molecule has 2 aliphatic rings. The maximum atomic E-state index is 11.8. The summed E-state index contributed by atoms with van der Waals surface area (Å²) < 4.78 is 5.08. The molecule has 5 heteroatoms. The van der Waals surface area contributed by atoms with E-state index in [9.17, 15) is 19.8 Å². The first kappa shape index (κ1) is 25.4. The van der Waals surface area contributed by atoms with Gasteiger partial charge >= 0.3 is 5.97 Å². The van der Waals surface area contributed by atoms with Crippen molar-refractivity contribution in [1.29, 1.82) is 0 Å². The molecule has 0 aliphatic heterocycles. The topological polar surface area (TPSA) is 83.8 Å². The molecule has 0 aromatic carbocycles. The molecule has 5 nitrogen and oxygen atoms in total. The van der Waals surface area contributed by atoms with E-state index in [1.165, 1.54) is 12.5 Å². The highest BCUT2D eigenvalue weighted by Gasteiger charge is 2.44. The number of carbonyl (C=O) groups is 2. The Bertz CT molecular complexity index is 741. The minimum absolute atomic E-state index is 0.0715. The number of hydrogen-bond acceptors (Lipinski definition) is 5. The van der Waals surface area contributed by atoms with Gasteiger partial charge in [-0.2, -0.15) is 0 Å². The van der Waals surface area contributed by atoms with Crippen LogP contribution in [0.15, 0.2) is 23.8 Å². The molecule has 0 radical (unpaired) electrons. The summed E-state index contributed by atoms with van der Waals surface area (Å²) in [7, 11) is 0. The van der Waals surface area contributed by atoms with Crippen molar-refractivity contribution >= 4 is 11.8 Å². The van der Waals surface area contributed by atoms with Gasteiger partial charge in [0.05, 0.1) is 12.2 Å². The van der Waals surface area contributed by atoms with Crippen LogP contribution in [0.4, 0.5) is 0 Å². The number of allylic oxidation sites excluding steroid dienone is 2. The van der Waals surface area contributed by atoms with Crippen molar-refractivity contribution in [2.45, 2.75) is 91.0 Å². The van der Waals surface area contributed by atoms with Crippen molar-refractivity contribution in [3.63, 3.8) is 0 Å². The van der Waals surface area contributed by atoms with Gasteiger partial charge in [0.15, 0.2) is 11.9 Å². The maximum Gasteiger partial charge on any atom is 0.306 e. The molecule has 2 unspecified atom stereocenters. The minimum Gasteiger partial charge on any atom is -0.455 e. The van der Waals surface area contributed by atoms with E-state index in [-0.39, 0.29) is 29.7 Å². The zero-order valence-electron chi connectivity index (χ0n) is 19.3. The van der Waals surface area contributed by atoms with E-state index in [0.717, 1.165) is 25.7 Å². The third-order valence-corrected chi connectivity index (χ3v) is 6.72. The molecule has 7 atom stereocenters. The van der Waals surface area contributed by atoms with Gasteiger partial charge in [0, 0.05) is 18.8 Å². The van der Waals surface area contributed by atoms with Gasteiger partial charge in [0.25, 0.3) is 0 Å². The molecule has 2 fully saturated rings. The van der Waals surface area contributed by atoms with Crippen LogP contribution in [0.5, 0.6) is 0 Å². The first-order valence-corrected chi connectivity index (χ1v) is 11.5. The van der Waals surface area contributed by atoms with Gasteiger partial charge < -0.3 is 14.9 Å². The summed E-state index contributed by atoms with van der Waals surface area (Å²) in [6.07, 6.45) is 9.81. The molecule has 0 heterocycles. The second-order valence-corrected chi connectivity index (χ2v) is 9.19. The van der Waals surface area contributed by atoms with Gasteiger partial charge in [0.2, 0.25) is 0 Å². The van der Waals surface area contributed by atoms with Crippen molar-refractivity contribution < 1.29 is 24.5 Å². The quantitative estimate of drug-likeness (QED) is 0.237. The Morgan fingerprint density at radius 2 is 2.03 bits per heavy atom. The largest absolute Gasteiger partial charge is 0.455 e. The second kappa shape index (κ2) is 12.2. The number of ketones is 1. The summed E-state index contributed by atoms with van der Waals surface area (Å²) in [5.41, 5.74) is 1.40. The molecule has 0 aromatic rings. The average molecular weight is 431 g/mol. The Morgan fingerprint density at radius 3 is 2.71 bits per heavy atom. The smallest absolute Gasteiger partial charge is 0.306 e. The normalized spacial score (nSPS) is 29.3. The number of esters is 1. The average Bonchev–Trinajstić information content (AvgIpc) is 3.23. The first-order chi connectivity index (χ1) is 14.7. The summed E-state index contributed by atoms with van der Waals surface area (Å²) >= 11 is 0. The molecule has 0 saturated heterocycles. The van der Waals surface area contributed by atoms with Crippen LogP contribution in [-0.4, -0.2) is 40.3 Å². The molecule has 0 bridgehead atoms. The van der Waals surface area contributed by atoms with Gasteiger partial charge in [0.1, 0.15) is 0 Å². The van der Waals surface area contributed by atoms with Crippen molar-refractivity contribution in [2.24, 2.45) is 23.7 Å². The number of hydrogen-bond donors (Lipinski definition) is 2. The lowest BCUT2D eigenvalue weighted by atomic mass is 9.89. The number of aliphatic hydroxyl groups excluding tert-OH is 2. The van der Waals surface area contributed by atoms with Crippen LogP contribution in [-0.2, 0) is 14.3 Å². The zero-order valence-corrected chi connectivity index (χ0v) is 19.3. The van der Waals surface area contributed by atoms with Gasteiger partial charge in [-0.15, -0.1) is 11.8 Å². The van der Waals surface area contributed by atoms with Crippen LogP contribution in [0.3, 0.4) is 0 Å². The van der Waals surface area contributed by atoms with E-state index in [1.54, 1.807) is 13.8 Å². The molecule has 0 spiro atoms. The Hall–Kier alpha value is -1.90. The van der Waals surface area contributed by atoms with Crippen molar-refractivity contribution in [2.75, 3.05) is 0 Å². The fraction of sp³-hybridized carbons (Fsp3) is 0.692. The maximum absolute atomic E-state index is 11.8. The van der Waals surface area contributed by atoms with Crippen LogP contribution in [0.25, 0.3) is 0 Å². The number of fused-ring (bicyclic) bond motifs is 1. The summed E-state index contributed by atoms with van der Waals surface area (Å²) in [4.78, 5) is 22.9. The fourth-order valence-corrected chi connectivity index (χ4v) is 4.65. The summed E-state index contributed by atoms with van der Waals surface area (Å²) in [5, 5.41) is 20.9. The van der Waals surface area contributed by atoms with Crippen LogP contribution >= 0.6 is 0 Å². The third kappa shape index (κ3) is 7.63. The van der Waals surface area contributed by atoms with Gasteiger partial charge in [-0.25, -0.2) is 0 Å². The van der Waals surface area contributed by atoms with Crippen LogP contribution in [0.1, 0.15) is 72.6 Å². The molecular formula is C26H38O5. The molecule has 2 saturated carbocycles. The Balaban J connectivity index is 1.81. The van der Waals surface area contributed by atoms with E-state index < -0.39 is 12.2 Å². The molecule has 2 rings (SSSR count). The number of ether oxygens (including phenoxy) is 1. The van der Waals surface area contributed by atoms with Gasteiger partial charge in [-0.1, -0.05) is 30.7 Å². The van der Waals surface area contributed by atoms with E-state index in [4.69, 9.17) is 4.74 Å². The highest BCUT2D eigenvalue weighted by atomic mass is 16.5. The molecule has 2 aliphatic carbocycles. The first-order valence-electron chi connectivity index (χ1n) is 11.5. The van der Waals surface area contributed by atoms with Crippen molar-refractivity contribution in [3.05, 3.63) is 23.8 Å². The number of unbranched alkanes of at least 4 members (excludes halogenated alkanes) is 1. The SMILES string of the molecule is CC#CCC(C)[C@H](O)/C=C/[C@H]1C(O)C[C@@H]2C/C(=C\CCCC(=O)O[C@H](C)C(C)=O)C[C@@H]21. The number of rotatable bonds is 10. The van der Waals surface area contributed by atoms with Gasteiger partial charge in [-0.3, -0.25) is 9.59 Å². The highest BCUT2D eigenvalue weighted by Crippen LogP contribution is 2.50. The summed E-state index contributed by atoms with van der Waals surface area (Å²) in [6.45, 7) is 6.80. The zero-order chi connectivity index (χ0) is 23.0. The lowest BCUT2D eigenvalue weighted by molar-refractivity contribution is -0.153. The minimum atomic E-state index is -0.669. The molecular weight excluding hydrogens is 392 g/mol. The highest BCUT2D eigenvalue weighted by molar-refractivity contribution is 5.83. The Morgan fingerprint density at radius 1 is 1.29 bits per heavy atom. The van der Waals surface area contributed by atoms with Gasteiger partial charge in [-0.05, 0) is 70.6 Å². The second-order valence-electron chi connectivity index (χ2n) is 9.19. The van der Waals surface area contributed by atoms with Crippen LogP contribution < -0.4 is 0 Å². The van der Waals surface area contributed by atoms with Crippen LogP contribution in [0, 0.1) is 35.5 Å².